The van der Waals surface area contributed by atoms with Crippen molar-refractivity contribution in [2.45, 2.75) is 45.4 Å². The molecule has 0 aliphatic carbocycles. The van der Waals surface area contributed by atoms with Crippen LogP contribution in [0.15, 0.2) is 65.7 Å². The van der Waals surface area contributed by atoms with Gasteiger partial charge in [-0.2, -0.15) is 4.99 Å². The molecule has 3 aromatic rings. The first kappa shape index (κ1) is 22.0. The molecule has 0 spiro atoms. The van der Waals surface area contributed by atoms with Crippen molar-refractivity contribution in [3.05, 3.63) is 77.9 Å². The van der Waals surface area contributed by atoms with Gasteiger partial charge in [0.15, 0.2) is 11.6 Å². The molecule has 0 saturated heterocycles. The number of nitrogens with zero attached hydrogens (tertiary/aromatic N) is 1. The molecule has 0 aliphatic heterocycles. The molecule has 0 radical (unpaired) electrons. The highest BCUT2D eigenvalue weighted by atomic mass is 32.1. The maximum atomic E-state index is 14.1. The number of hydrogen-bond donors (Lipinski definition) is 0. The number of isothiocyanates is 1. The monoisotopic (exact) mass is 421 g/mol. The van der Waals surface area contributed by atoms with Gasteiger partial charge in [-0.3, -0.25) is 0 Å². The van der Waals surface area contributed by atoms with Crippen molar-refractivity contribution in [1.29, 1.82) is 0 Å². The third kappa shape index (κ3) is 5.69. The normalized spacial score (nSPS) is 10.6. The fourth-order valence-corrected chi connectivity index (χ4v) is 3.63. The van der Waals surface area contributed by atoms with Gasteiger partial charge in [-0.15, -0.1) is 0 Å². The summed E-state index contributed by atoms with van der Waals surface area (Å²) in [7, 11) is 0. The van der Waals surface area contributed by atoms with Gasteiger partial charge < -0.3 is 0 Å². The molecule has 1 nitrogen and oxygen atoms in total. The zero-order valence-corrected chi connectivity index (χ0v) is 17.9. The highest BCUT2D eigenvalue weighted by Gasteiger charge is 2.11. The summed E-state index contributed by atoms with van der Waals surface area (Å²) < 4.78 is 28.2. The number of hydrogen-bond acceptors (Lipinski definition) is 2. The lowest BCUT2D eigenvalue weighted by Gasteiger charge is -2.08. The third-order valence-electron chi connectivity index (χ3n) is 5.25. The van der Waals surface area contributed by atoms with Crippen LogP contribution in [0, 0.1) is 11.6 Å². The van der Waals surface area contributed by atoms with Gasteiger partial charge in [0.2, 0.25) is 0 Å². The number of halogens is 2. The molecule has 0 N–H and O–H groups in total. The van der Waals surface area contributed by atoms with Gasteiger partial charge in [-0.25, -0.2) is 8.78 Å². The molecule has 0 unspecified atom stereocenters. The Bertz CT molecular complexity index is 997. The first-order valence-corrected chi connectivity index (χ1v) is 10.8. The summed E-state index contributed by atoms with van der Waals surface area (Å²) in [5.74, 6) is -1.51. The zero-order chi connectivity index (χ0) is 21.3. The predicted molar refractivity (Wildman–Crippen MR) is 124 cm³/mol. The maximum Gasteiger partial charge on any atom is 0.153 e. The molecule has 154 valence electrons. The molecule has 0 amide bonds. The quantitative estimate of drug-likeness (QED) is 0.191. The van der Waals surface area contributed by atoms with Crippen molar-refractivity contribution in [2.24, 2.45) is 4.99 Å². The Morgan fingerprint density at radius 2 is 1.23 bits per heavy atom. The molecule has 0 bridgehead atoms. The molecule has 3 aromatic carbocycles. The molecule has 0 heterocycles. The summed E-state index contributed by atoms with van der Waals surface area (Å²) in [5.41, 5.74) is 4.33. The van der Waals surface area contributed by atoms with Crippen LogP contribution in [-0.4, -0.2) is 5.16 Å². The number of unbranched alkanes of at least 4 members (excludes halogenated alkanes) is 4. The van der Waals surface area contributed by atoms with Crippen molar-refractivity contribution in [2.75, 3.05) is 0 Å². The number of thiocarbonyl (C=S) groups is 1. The van der Waals surface area contributed by atoms with Crippen LogP contribution in [0.5, 0.6) is 0 Å². The van der Waals surface area contributed by atoms with E-state index in [2.05, 4.69) is 48.4 Å². The van der Waals surface area contributed by atoms with Crippen molar-refractivity contribution in [1.82, 2.24) is 0 Å². The van der Waals surface area contributed by atoms with Crippen molar-refractivity contribution >= 4 is 23.1 Å². The van der Waals surface area contributed by atoms with Gasteiger partial charge in [0.25, 0.3) is 0 Å². The Kier molecular flexibility index (Phi) is 8.01. The summed E-state index contributed by atoms with van der Waals surface area (Å²) in [6.07, 6.45) is 7.54. The second-order valence-corrected chi connectivity index (χ2v) is 7.61. The van der Waals surface area contributed by atoms with E-state index >= 15 is 0 Å². The average Bonchev–Trinajstić information content (AvgIpc) is 2.76. The van der Waals surface area contributed by atoms with Crippen LogP contribution < -0.4 is 0 Å². The summed E-state index contributed by atoms with van der Waals surface area (Å²) in [6.45, 7) is 2.23. The molecule has 30 heavy (non-hydrogen) atoms. The molecule has 0 aromatic heterocycles. The fraction of sp³-hybridized carbons (Fsp3) is 0.269. The maximum absolute atomic E-state index is 14.1. The first-order valence-electron chi connectivity index (χ1n) is 10.4. The van der Waals surface area contributed by atoms with E-state index in [9.17, 15) is 8.78 Å². The van der Waals surface area contributed by atoms with Crippen LogP contribution in [0.2, 0.25) is 0 Å². The molecule has 4 heteroatoms. The molecule has 0 saturated carbocycles. The van der Waals surface area contributed by atoms with E-state index in [4.69, 9.17) is 0 Å². The summed E-state index contributed by atoms with van der Waals surface area (Å²) >= 11 is 4.43. The van der Waals surface area contributed by atoms with E-state index in [1.165, 1.54) is 49.8 Å². The minimum Gasteiger partial charge on any atom is -0.204 e. The van der Waals surface area contributed by atoms with Crippen LogP contribution >= 0.6 is 12.2 Å². The number of aliphatic imine (C=N–C) groups is 1. The Morgan fingerprint density at radius 1 is 0.733 bits per heavy atom. The Balaban J connectivity index is 1.69. The zero-order valence-electron chi connectivity index (χ0n) is 17.1. The van der Waals surface area contributed by atoms with Gasteiger partial charge in [-0.1, -0.05) is 81.1 Å². The SMILES string of the molecule is CCCCCCCc1ccc(-c2ccc(-c3cc(F)c(N=C=S)c(F)c3)cc2)cc1. The van der Waals surface area contributed by atoms with E-state index in [1.807, 2.05) is 29.4 Å². The smallest absolute Gasteiger partial charge is 0.153 e. The number of benzene rings is 3. The predicted octanol–water partition coefficient (Wildman–Crippen LogP) is 8.55. The van der Waals surface area contributed by atoms with E-state index in [1.54, 1.807) is 0 Å². The van der Waals surface area contributed by atoms with Gasteiger partial charge in [-0.05, 0) is 65.0 Å². The fourth-order valence-electron chi connectivity index (χ4n) is 3.54. The summed E-state index contributed by atoms with van der Waals surface area (Å²) in [4.78, 5) is 3.45. The van der Waals surface area contributed by atoms with Crippen LogP contribution in [0.1, 0.15) is 44.6 Å². The molecular weight excluding hydrogens is 396 g/mol. The van der Waals surface area contributed by atoms with Gasteiger partial charge >= 0.3 is 0 Å². The minimum absolute atomic E-state index is 0.407. The topological polar surface area (TPSA) is 12.4 Å². The second kappa shape index (κ2) is 10.9. The lowest BCUT2D eigenvalue weighted by molar-refractivity contribution is 0.588. The van der Waals surface area contributed by atoms with E-state index in [0.29, 0.717) is 5.56 Å². The van der Waals surface area contributed by atoms with Crippen LogP contribution in [0.4, 0.5) is 14.5 Å². The standard InChI is InChI=1S/C26H25F2NS/c1-2-3-4-5-6-7-19-8-10-20(11-9-19)21-12-14-22(15-13-21)23-16-24(27)26(29-18-30)25(28)17-23/h8-17H,2-7H2,1H3. The summed E-state index contributed by atoms with van der Waals surface area (Å²) in [6, 6.07) is 18.8. The Morgan fingerprint density at radius 3 is 1.77 bits per heavy atom. The molecule has 0 aliphatic rings. The molecule has 0 atom stereocenters. The highest BCUT2D eigenvalue weighted by molar-refractivity contribution is 7.78. The molecule has 3 rings (SSSR count). The Hall–Kier alpha value is -2.68. The van der Waals surface area contributed by atoms with Gasteiger partial charge in [0.1, 0.15) is 5.69 Å². The van der Waals surface area contributed by atoms with E-state index < -0.39 is 17.3 Å². The van der Waals surface area contributed by atoms with Crippen LogP contribution in [0.3, 0.4) is 0 Å². The van der Waals surface area contributed by atoms with Crippen molar-refractivity contribution in [3.8, 4) is 22.3 Å². The van der Waals surface area contributed by atoms with Crippen LogP contribution in [0.25, 0.3) is 22.3 Å². The third-order valence-corrected chi connectivity index (χ3v) is 5.34. The van der Waals surface area contributed by atoms with E-state index in [-0.39, 0.29) is 0 Å². The van der Waals surface area contributed by atoms with Crippen molar-refractivity contribution < 1.29 is 8.78 Å². The van der Waals surface area contributed by atoms with Crippen molar-refractivity contribution in [3.63, 3.8) is 0 Å². The second-order valence-electron chi connectivity index (χ2n) is 7.43. The highest BCUT2D eigenvalue weighted by Crippen LogP contribution is 2.30. The van der Waals surface area contributed by atoms with Gasteiger partial charge in [0.05, 0.1) is 5.16 Å². The minimum atomic E-state index is -0.753. The average molecular weight is 422 g/mol. The van der Waals surface area contributed by atoms with E-state index in [0.717, 1.165) is 23.1 Å². The van der Waals surface area contributed by atoms with Gasteiger partial charge in [0, 0.05) is 0 Å². The molecule has 0 fully saturated rings. The largest absolute Gasteiger partial charge is 0.204 e. The number of rotatable bonds is 9. The first-order chi connectivity index (χ1) is 14.6. The molecular formula is C26H25F2NS. The lowest BCUT2D eigenvalue weighted by Crippen LogP contribution is -1.88. The van der Waals surface area contributed by atoms with Crippen LogP contribution in [-0.2, 0) is 6.42 Å². The Labute approximate surface area is 182 Å². The number of aryl methyl sites for hydroxylation is 1. The summed E-state index contributed by atoms with van der Waals surface area (Å²) in [5, 5.41) is 2.00. The lowest BCUT2D eigenvalue weighted by atomic mass is 9.98.